The number of fused-ring (bicyclic) bond motifs is 1. The van der Waals surface area contributed by atoms with E-state index in [0.29, 0.717) is 12.3 Å². The van der Waals surface area contributed by atoms with E-state index >= 15 is 0 Å². The fraction of sp³-hybridized carbons (Fsp3) is 0.250. The minimum absolute atomic E-state index is 0.603. The summed E-state index contributed by atoms with van der Waals surface area (Å²) >= 11 is 1.54. The van der Waals surface area contributed by atoms with Crippen LogP contribution in [0.5, 0.6) is 5.75 Å². The topological polar surface area (TPSA) is 43.6 Å². The number of aromatic nitrogens is 2. The highest BCUT2D eigenvalue weighted by molar-refractivity contribution is 7.15. The summed E-state index contributed by atoms with van der Waals surface area (Å²) < 4.78 is 7.47. The van der Waals surface area contributed by atoms with E-state index in [1.54, 1.807) is 11.3 Å². The molecule has 2 aromatic heterocycles. The molecule has 21 heavy (non-hydrogen) atoms. The second-order valence-electron chi connectivity index (χ2n) is 4.83. The summed E-state index contributed by atoms with van der Waals surface area (Å²) in [4.78, 5) is 16.9. The zero-order chi connectivity index (χ0) is 14.8. The van der Waals surface area contributed by atoms with Gasteiger partial charge in [-0.2, -0.15) is 0 Å². The van der Waals surface area contributed by atoms with Gasteiger partial charge in [-0.3, -0.25) is 9.20 Å². The number of hydrogen-bond donors (Lipinski definition) is 0. The summed E-state index contributed by atoms with van der Waals surface area (Å²) in [6, 6.07) is 7.72. The fourth-order valence-electron chi connectivity index (χ4n) is 2.27. The molecule has 0 unspecified atom stereocenters. The summed E-state index contributed by atoms with van der Waals surface area (Å²) in [5.74, 6) is 0.838. The van der Waals surface area contributed by atoms with E-state index in [0.717, 1.165) is 40.4 Å². The molecule has 0 spiro atoms. The van der Waals surface area contributed by atoms with Crippen molar-refractivity contribution in [3.8, 4) is 17.0 Å². The quantitative estimate of drug-likeness (QED) is 0.670. The summed E-state index contributed by atoms with van der Waals surface area (Å²) in [7, 11) is 0. The van der Waals surface area contributed by atoms with E-state index in [9.17, 15) is 4.79 Å². The zero-order valence-corrected chi connectivity index (χ0v) is 12.8. The SMILES string of the molecule is CCCOc1ccc(-c2nc3scc(C)n3c2C=O)cc1. The van der Waals surface area contributed by atoms with Crippen molar-refractivity contribution in [1.29, 1.82) is 0 Å². The van der Waals surface area contributed by atoms with Crippen molar-refractivity contribution in [1.82, 2.24) is 9.38 Å². The van der Waals surface area contributed by atoms with Crippen LogP contribution in [0.2, 0.25) is 0 Å². The first-order valence-electron chi connectivity index (χ1n) is 6.89. The molecular formula is C16H16N2O2S. The third-order valence-electron chi connectivity index (χ3n) is 3.28. The first-order valence-corrected chi connectivity index (χ1v) is 7.77. The van der Waals surface area contributed by atoms with Crippen molar-refractivity contribution >= 4 is 22.6 Å². The Balaban J connectivity index is 2.01. The molecule has 0 fully saturated rings. The van der Waals surface area contributed by atoms with Crippen molar-refractivity contribution in [2.45, 2.75) is 20.3 Å². The van der Waals surface area contributed by atoms with E-state index in [-0.39, 0.29) is 0 Å². The number of thiazole rings is 1. The Morgan fingerprint density at radius 2 is 2.10 bits per heavy atom. The Kier molecular flexibility index (Phi) is 3.75. The number of carbonyl (C=O) groups excluding carboxylic acids is 1. The van der Waals surface area contributed by atoms with Crippen LogP contribution in [0.1, 0.15) is 29.5 Å². The van der Waals surface area contributed by atoms with Crippen LogP contribution >= 0.6 is 11.3 Å². The lowest BCUT2D eigenvalue weighted by Crippen LogP contribution is -1.95. The number of hydrogen-bond acceptors (Lipinski definition) is 4. The smallest absolute Gasteiger partial charge is 0.195 e. The Labute approximate surface area is 127 Å². The standard InChI is InChI=1S/C16H16N2O2S/c1-3-8-20-13-6-4-12(5-7-13)15-14(9-19)18-11(2)10-21-16(18)17-15/h4-7,9-10H,3,8H2,1-2H3. The van der Waals surface area contributed by atoms with Crippen molar-refractivity contribution in [2.75, 3.05) is 6.61 Å². The van der Waals surface area contributed by atoms with Gasteiger partial charge < -0.3 is 4.74 Å². The average molecular weight is 300 g/mol. The highest BCUT2D eigenvalue weighted by Crippen LogP contribution is 2.28. The zero-order valence-electron chi connectivity index (χ0n) is 12.0. The lowest BCUT2D eigenvalue weighted by molar-refractivity contribution is 0.111. The van der Waals surface area contributed by atoms with Gasteiger partial charge in [-0.05, 0) is 37.6 Å². The van der Waals surface area contributed by atoms with Crippen molar-refractivity contribution < 1.29 is 9.53 Å². The average Bonchev–Trinajstić information content (AvgIpc) is 3.05. The van der Waals surface area contributed by atoms with Crippen LogP contribution in [0.15, 0.2) is 29.6 Å². The highest BCUT2D eigenvalue weighted by atomic mass is 32.1. The molecule has 0 atom stereocenters. The van der Waals surface area contributed by atoms with Gasteiger partial charge in [-0.25, -0.2) is 4.98 Å². The number of aldehydes is 1. The molecule has 3 aromatic rings. The summed E-state index contributed by atoms with van der Waals surface area (Å²) in [6.45, 7) is 4.76. The lowest BCUT2D eigenvalue weighted by Gasteiger charge is -2.05. The summed E-state index contributed by atoms with van der Waals surface area (Å²) in [6.07, 6.45) is 1.85. The maximum absolute atomic E-state index is 11.5. The Hall–Kier alpha value is -2.14. The van der Waals surface area contributed by atoms with Crippen LogP contribution in [0.3, 0.4) is 0 Å². The normalized spacial score (nSPS) is 11.0. The molecule has 0 N–H and O–H groups in total. The van der Waals surface area contributed by atoms with Gasteiger partial charge in [0.15, 0.2) is 11.2 Å². The largest absolute Gasteiger partial charge is 0.494 e. The Morgan fingerprint density at radius 3 is 2.76 bits per heavy atom. The van der Waals surface area contributed by atoms with Gasteiger partial charge in [0.1, 0.15) is 17.1 Å². The number of carbonyl (C=O) groups is 1. The number of nitrogens with zero attached hydrogens (tertiary/aromatic N) is 2. The molecule has 0 saturated carbocycles. The summed E-state index contributed by atoms with van der Waals surface area (Å²) in [5, 5.41) is 2.00. The van der Waals surface area contributed by atoms with Gasteiger partial charge in [0.05, 0.1) is 6.61 Å². The van der Waals surface area contributed by atoms with E-state index < -0.39 is 0 Å². The van der Waals surface area contributed by atoms with Crippen molar-refractivity contribution in [3.63, 3.8) is 0 Å². The molecule has 1 aromatic carbocycles. The molecule has 0 amide bonds. The van der Waals surface area contributed by atoms with Crippen LogP contribution in [-0.2, 0) is 0 Å². The third kappa shape index (κ3) is 2.45. The van der Waals surface area contributed by atoms with E-state index in [1.807, 2.05) is 41.0 Å². The number of ether oxygens (including phenoxy) is 1. The molecule has 0 aliphatic heterocycles. The predicted molar refractivity (Wildman–Crippen MR) is 84.4 cm³/mol. The van der Waals surface area contributed by atoms with Crippen LogP contribution in [0, 0.1) is 6.92 Å². The molecule has 0 bridgehead atoms. The van der Waals surface area contributed by atoms with Crippen LogP contribution < -0.4 is 4.74 Å². The van der Waals surface area contributed by atoms with Crippen LogP contribution in [0.4, 0.5) is 0 Å². The molecule has 108 valence electrons. The van der Waals surface area contributed by atoms with Crippen molar-refractivity contribution in [3.05, 3.63) is 41.0 Å². The van der Waals surface area contributed by atoms with Crippen molar-refractivity contribution in [2.24, 2.45) is 0 Å². The molecule has 3 rings (SSSR count). The molecule has 0 radical (unpaired) electrons. The number of benzene rings is 1. The number of imidazole rings is 1. The maximum Gasteiger partial charge on any atom is 0.195 e. The van der Waals surface area contributed by atoms with Gasteiger partial charge in [-0.1, -0.05) is 6.92 Å². The minimum atomic E-state index is 0.603. The molecule has 0 aliphatic rings. The van der Waals surface area contributed by atoms with Crippen LogP contribution in [-0.4, -0.2) is 22.3 Å². The fourth-order valence-corrected chi connectivity index (χ4v) is 3.15. The number of aryl methyl sites for hydroxylation is 1. The first kappa shape index (κ1) is 13.8. The Morgan fingerprint density at radius 1 is 1.33 bits per heavy atom. The molecule has 0 aliphatic carbocycles. The monoisotopic (exact) mass is 300 g/mol. The van der Waals surface area contributed by atoms with Crippen LogP contribution in [0.25, 0.3) is 16.2 Å². The lowest BCUT2D eigenvalue weighted by atomic mass is 10.1. The van der Waals surface area contributed by atoms with Gasteiger partial charge >= 0.3 is 0 Å². The second kappa shape index (κ2) is 5.69. The van der Waals surface area contributed by atoms with Gasteiger partial charge in [-0.15, -0.1) is 11.3 Å². The van der Waals surface area contributed by atoms with Gasteiger partial charge in [0, 0.05) is 16.6 Å². The Bertz CT molecular complexity index is 772. The first-order chi connectivity index (χ1) is 10.2. The molecule has 2 heterocycles. The third-order valence-corrected chi connectivity index (χ3v) is 4.23. The summed E-state index contributed by atoms with van der Waals surface area (Å²) in [5.41, 5.74) is 3.28. The minimum Gasteiger partial charge on any atom is -0.494 e. The second-order valence-corrected chi connectivity index (χ2v) is 5.67. The van der Waals surface area contributed by atoms with E-state index in [1.165, 1.54) is 0 Å². The van der Waals surface area contributed by atoms with Gasteiger partial charge in [0.2, 0.25) is 0 Å². The molecular weight excluding hydrogens is 284 g/mol. The predicted octanol–water partition coefficient (Wildman–Crippen LogP) is 3.97. The molecule has 5 heteroatoms. The highest BCUT2D eigenvalue weighted by Gasteiger charge is 2.16. The van der Waals surface area contributed by atoms with E-state index in [2.05, 4.69) is 11.9 Å². The van der Waals surface area contributed by atoms with Gasteiger partial charge in [0.25, 0.3) is 0 Å². The molecule has 4 nitrogen and oxygen atoms in total. The van der Waals surface area contributed by atoms with E-state index in [4.69, 9.17) is 4.74 Å². The maximum atomic E-state index is 11.5. The molecule has 0 saturated heterocycles. The number of rotatable bonds is 5.